The molecule has 1 saturated carbocycles. The Balaban J connectivity index is 2.54. The van der Waals surface area contributed by atoms with E-state index < -0.39 is 16.4 Å². The first kappa shape index (κ1) is 10.5. The van der Waals surface area contributed by atoms with Gasteiger partial charge in [-0.1, -0.05) is 13.8 Å². The predicted octanol–water partition coefficient (Wildman–Crippen LogP) is 0.854. The van der Waals surface area contributed by atoms with Gasteiger partial charge in [-0.25, -0.2) is 0 Å². The van der Waals surface area contributed by atoms with Crippen molar-refractivity contribution in [3.05, 3.63) is 0 Å². The van der Waals surface area contributed by atoms with Gasteiger partial charge in [0.25, 0.3) is 5.91 Å². The smallest absolute Gasteiger partial charge is 0.313 e. The molecule has 2 atom stereocenters. The first-order valence-electron chi connectivity index (χ1n) is 5.27. The van der Waals surface area contributed by atoms with E-state index in [-0.39, 0.29) is 11.9 Å². The van der Waals surface area contributed by atoms with Crippen molar-refractivity contribution in [2.75, 3.05) is 7.05 Å². The Bertz CT molecular complexity index is 350. The zero-order valence-electron chi connectivity index (χ0n) is 9.64. The van der Waals surface area contributed by atoms with E-state index in [1.165, 1.54) is 0 Å². The largest absolute Gasteiger partial charge is 0.448 e. The SMILES string of the molecule is CNC(=O)[C@@]12CC[C@@](C)(C(=O)O1)C2(C)C. The number of hydrogen-bond acceptors (Lipinski definition) is 3. The molecular formula is C11H17NO3. The van der Waals surface area contributed by atoms with Crippen molar-refractivity contribution in [1.82, 2.24) is 5.32 Å². The molecule has 0 aromatic heterocycles. The van der Waals surface area contributed by atoms with Crippen LogP contribution in [0.25, 0.3) is 0 Å². The summed E-state index contributed by atoms with van der Waals surface area (Å²) in [7, 11) is 1.58. The molecule has 1 amide bonds. The Morgan fingerprint density at radius 2 is 1.93 bits per heavy atom. The van der Waals surface area contributed by atoms with Crippen LogP contribution in [0.4, 0.5) is 0 Å². The van der Waals surface area contributed by atoms with Crippen molar-refractivity contribution in [2.45, 2.75) is 39.2 Å². The quantitative estimate of drug-likeness (QED) is 0.654. The average Bonchev–Trinajstić information content (AvgIpc) is 2.47. The predicted molar refractivity (Wildman–Crippen MR) is 54.0 cm³/mol. The number of carbonyl (C=O) groups excluding carboxylic acids is 2. The lowest BCUT2D eigenvalue weighted by Crippen LogP contribution is -2.52. The van der Waals surface area contributed by atoms with Crippen LogP contribution >= 0.6 is 0 Å². The van der Waals surface area contributed by atoms with Gasteiger partial charge >= 0.3 is 5.97 Å². The van der Waals surface area contributed by atoms with Gasteiger partial charge in [0.1, 0.15) is 0 Å². The minimum atomic E-state index is -0.951. The zero-order valence-corrected chi connectivity index (χ0v) is 9.64. The molecule has 0 radical (unpaired) electrons. The van der Waals surface area contributed by atoms with Gasteiger partial charge in [0.15, 0.2) is 5.60 Å². The van der Waals surface area contributed by atoms with Crippen LogP contribution in [0.5, 0.6) is 0 Å². The van der Waals surface area contributed by atoms with Gasteiger partial charge in [-0.3, -0.25) is 9.59 Å². The highest BCUT2D eigenvalue weighted by atomic mass is 16.6. The van der Waals surface area contributed by atoms with Crippen molar-refractivity contribution >= 4 is 11.9 Å². The molecule has 0 spiro atoms. The molecule has 2 bridgehead atoms. The second-order valence-corrected chi connectivity index (χ2v) is 5.25. The summed E-state index contributed by atoms with van der Waals surface area (Å²) >= 11 is 0. The molecular weight excluding hydrogens is 194 g/mol. The summed E-state index contributed by atoms with van der Waals surface area (Å²) in [6, 6.07) is 0. The van der Waals surface area contributed by atoms with E-state index in [4.69, 9.17) is 4.74 Å². The molecule has 0 aromatic carbocycles. The van der Waals surface area contributed by atoms with Crippen LogP contribution in [0.1, 0.15) is 33.6 Å². The van der Waals surface area contributed by atoms with Crippen LogP contribution < -0.4 is 5.32 Å². The first-order valence-corrected chi connectivity index (χ1v) is 5.27. The van der Waals surface area contributed by atoms with E-state index in [2.05, 4.69) is 5.32 Å². The van der Waals surface area contributed by atoms with Crippen molar-refractivity contribution in [1.29, 1.82) is 0 Å². The third-order valence-electron chi connectivity index (χ3n) is 4.68. The van der Waals surface area contributed by atoms with E-state index in [9.17, 15) is 9.59 Å². The molecule has 1 N–H and O–H groups in total. The van der Waals surface area contributed by atoms with Gasteiger partial charge in [0, 0.05) is 12.5 Å². The van der Waals surface area contributed by atoms with Crippen molar-refractivity contribution in [3.8, 4) is 0 Å². The van der Waals surface area contributed by atoms with Crippen LogP contribution in [-0.2, 0) is 14.3 Å². The van der Waals surface area contributed by atoms with E-state index in [1.807, 2.05) is 20.8 Å². The maximum atomic E-state index is 11.9. The van der Waals surface area contributed by atoms with Crippen molar-refractivity contribution in [2.24, 2.45) is 10.8 Å². The Morgan fingerprint density at radius 1 is 1.33 bits per heavy atom. The molecule has 84 valence electrons. The lowest BCUT2D eigenvalue weighted by Gasteiger charge is -2.34. The summed E-state index contributed by atoms with van der Waals surface area (Å²) in [6.07, 6.45) is 1.36. The first-order chi connectivity index (χ1) is 6.82. The molecule has 2 rings (SSSR count). The molecule has 1 aliphatic carbocycles. The number of nitrogens with one attached hydrogen (secondary N) is 1. The number of amides is 1. The third kappa shape index (κ3) is 0.840. The van der Waals surface area contributed by atoms with Gasteiger partial charge in [-0.05, 0) is 19.8 Å². The fraction of sp³-hybridized carbons (Fsp3) is 0.818. The molecule has 0 unspecified atom stereocenters. The lowest BCUT2D eigenvalue weighted by molar-refractivity contribution is -0.168. The lowest BCUT2D eigenvalue weighted by atomic mass is 9.66. The van der Waals surface area contributed by atoms with Crippen LogP contribution in [-0.4, -0.2) is 24.5 Å². The Hall–Kier alpha value is -1.06. The number of ether oxygens (including phenoxy) is 1. The third-order valence-corrected chi connectivity index (χ3v) is 4.68. The van der Waals surface area contributed by atoms with E-state index >= 15 is 0 Å². The van der Waals surface area contributed by atoms with Crippen molar-refractivity contribution < 1.29 is 14.3 Å². The second-order valence-electron chi connectivity index (χ2n) is 5.25. The number of rotatable bonds is 1. The summed E-state index contributed by atoms with van der Waals surface area (Å²) in [6.45, 7) is 5.79. The van der Waals surface area contributed by atoms with Crippen LogP contribution in [0.3, 0.4) is 0 Å². The highest BCUT2D eigenvalue weighted by molar-refractivity contribution is 5.96. The fourth-order valence-electron chi connectivity index (χ4n) is 2.95. The summed E-state index contributed by atoms with van der Waals surface area (Å²) in [4.78, 5) is 23.7. The molecule has 0 aromatic rings. The summed E-state index contributed by atoms with van der Waals surface area (Å²) in [5, 5.41) is 2.60. The maximum absolute atomic E-state index is 11.9. The van der Waals surface area contributed by atoms with E-state index in [0.29, 0.717) is 6.42 Å². The number of esters is 1. The van der Waals surface area contributed by atoms with Crippen molar-refractivity contribution in [3.63, 3.8) is 0 Å². The van der Waals surface area contributed by atoms with Crippen LogP contribution in [0.15, 0.2) is 0 Å². The Labute approximate surface area is 89.4 Å². The zero-order chi connectivity index (χ0) is 11.5. The standard InChI is InChI=1S/C11H17NO3/c1-9(2)10(3)5-6-11(9,7(13)12-4)15-8(10)14/h5-6H2,1-4H3,(H,12,13)/t10-,11+/m0/s1. The molecule has 2 aliphatic rings. The number of hydrogen-bond donors (Lipinski definition) is 1. The highest BCUT2D eigenvalue weighted by Gasteiger charge is 2.75. The molecule has 1 heterocycles. The fourth-order valence-corrected chi connectivity index (χ4v) is 2.95. The molecule has 1 saturated heterocycles. The molecule has 4 heteroatoms. The van der Waals surface area contributed by atoms with E-state index in [1.54, 1.807) is 7.05 Å². The number of carbonyl (C=O) groups is 2. The van der Waals surface area contributed by atoms with Crippen LogP contribution in [0, 0.1) is 10.8 Å². The normalized spacial score (nSPS) is 41.5. The Kier molecular flexibility index (Phi) is 1.77. The van der Waals surface area contributed by atoms with E-state index in [0.717, 1.165) is 6.42 Å². The van der Waals surface area contributed by atoms with Crippen LogP contribution in [0.2, 0.25) is 0 Å². The van der Waals surface area contributed by atoms with Gasteiger partial charge in [0.05, 0.1) is 5.41 Å². The Morgan fingerprint density at radius 3 is 2.27 bits per heavy atom. The molecule has 1 aliphatic heterocycles. The molecule has 4 nitrogen and oxygen atoms in total. The number of likely N-dealkylation sites (N-methyl/N-ethyl adjacent to an activating group) is 1. The highest BCUT2D eigenvalue weighted by Crippen LogP contribution is 2.65. The number of fused-ring (bicyclic) bond motifs is 2. The average molecular weight is 211 g/mol. The topological polar surface area (TPSA) is 55.4 Å². The van der Waals surface area contributed by atoms with Gasteiger partial charge in [-0.15, -0.1) is 0 Å². The minimum Gasteiger partial charge on any atom is -0.448 e. The minimum absolute atomic E-state index is 0.179. The monoisotopic (exact) mass is 211 g/mol. The summed E-state index contributed by atoms with van der Waals surface area (Å²) < 4.78 is 5.37. The summed E-state index contributed by atoms with van der Waals surface area (Å²) in [5.41, 5.74) is -1.90. The molecule has 15 heavy (non-hydrogen) atoms. The summed E-state index contributed by atoms with van der Waals surface area (Å²) in [5.74, 6) is -0.413. The van der Waals surface area contributed by atoms with Gasteiger partial charge in [-0.2, -0.15) is 0 Å². The van der Waals surface area contributed by atoms with Gasteiger partial charge < -0.3 is 10.1 Å². The van der Waals surface area contributed by atoms with Gasteiger partial charge in [0.2, 0.25) is 0 Å². The molecule has 2 fully saturated rings. The second kappa shape index (κ2) is 2.54. The maximum Gasteiger partial charge on any atom is 0.313 e.